The van der Waals surface area contributed by atoms with Gasteiger partial charge < -0.3 is 19.7 Å². The van der Waals surface area contributed by atoms with E-state index in [1.54, 1.807) is 0 Å². The first-order chi connectivity index (χ1) is 34.1. The zero-order valence-corrected chi connectivity index (χ0v) is 37.8. The number of hydrogen-bond donors (Lipinski definition) is 2. The fraction of sp³-hybridized carbons (Fsp3) is 0.0769. The number of ether oxygens (including phenoxy) is 2. The Morgan fingerprint density at radius 1 is 0.304 bits per heavy atom. The van der Waals surface area contributed by atoms with Crippen molar-refractivity contribution in [1.82, 2.24) is 0 Å². The number of fused-ring (bicyclic) bond motifs is 11. The van der Waals surface area contributed by atoms with Crippen LogP contribution in [0.5, 0.6) is 11.5 Å². The van der Waals surface area contributed by atoms with Gasteiger partial charge in [-0.3, -0.25) is 0 Å². The van der Waals surface area contributed by atoms with Gasteiger partial charge in [0, 0.05) is 0 Å². The van der Waals surface area contributed by atoms with Gasteiger partial charge in [0.05, 0.1) is 18.6 Å². The van der Waals surface area contributed by atoms with Crippen molar-refractivity contribution in [2.45, 2.75) is 5.41 Å². The summed E-state index contributed by atoms with van der Waals surface area (Å²) < 4.78 is 11.8. The van der Waals surface area contributed by atoms with Crippen molar-refractivity contribution < 1.29 is 19.7 Å². The molecule has 0 saturated heterocycles. The predicted octanol–water partition coefficient (Wildman–Crippen LogP) is 15.0. The standard InChI is InChI=1S/C65H46O4/c66-29-31-68-51-25-19-41-33-49(23-17-43(41)35-51)65(50-24-18-44-36-52(69-32-30-67)26-20-42(44)34-50)63-39-47(61-37-45-9-1-3-11-53(45)55-13-5-7-15-57(55)61)21-27-59(63)60-28-22-48(40-64(60)65)62-38-46-10-2-4-12-54(46)56-14-6-8-16-58(56)62/h1-28,33-40,66-67H,29-32H2. The summed E-state index contributed by atoms with van der Waals surface area (Å²) in [6.07, 6.45) is 0. The van der Waals surface area contributed by atoms with Crippen molar-refractivity contribution in [3.63, 3.8) is 0 Å². The molecule has 0 saturated carbocycles. The first-order valence-electron chi connectivity index (χ1n) is 23.8. The molecule has 0 radical (unpaired) electrons. The van der Waals surface area contributed by atoms with Gasteiger partial charge in [0.15, 0.2) is 0 Å². The first-order valence-corrected chi connectivity index (χ1v) is 23.8. The molecule has 0 aromatic heterocycles. The Kier molecular flexibility index (Phi) is 9.79. The topological polar surface area (TPSA) is 58.9 Å². The highest BCUT2D eigenvalue weighted by Crippen LogP contribution is 2.58. The van der Waals surface area contributed by atoms with Crippen LogP contribution in [0.3, 0.4) is 0 Å². The highest BCUT2D eigenvalue weighted by Gasteiger charge is 2.47. The van der Waals surface area contributed by atoms with E-state index in [0.717, 1.165) is 55.3 Å². The van der Waals surface area contributed by atoms with Crippen LogP contribution < -0.4 is 9.47 Å². The lowest BCUT2D eigenvalue weighted by atomic mass is 9.66. The zero-order valence-electron chi connectivity index (χ0n) is 37.8. The molecule has 12 aromatic rings. The van der Waals surface area contributed by atoms with Crippen molar-refractivity contribution in [3.05, 3.63) is 241 Å². The van der Waals surface area contributed by atoms with Gasteiger partial charge in [0.2, 0.25) is 0 Å². The third kappa shape index (κ3) is 6.59. The molecule has 330 valence electrons. The molecular weight excluding hydrogens is 845 g/mol. The van der Waals surface area contributed by atoms with E-state index in [4.69, 9.17) is 9.47 Å². The van der Waals surface area contributed by atoms with Crippen LogP contribution in [0.25, 0.3) is 98.0 Å². The lowest BCUT2D eigenvalue weighted by Crippen LogP contribution is -2.28. The van der Waals surface area contributed by atoms with Crippen LogP contribution >= 0.6 is 0 Å². The van der Waals surface area contributed by atoms with Gasteiger partial charge in [0.1, 0.15) is 24.7 Å². The van der Waals surface area contributed by atoms with Crippen molar-refractivity contribution >= 4 is 64.6 Å². The summed E-state index contributed by atoms with van der Waals surface area (Å²) in [7, 11) is 0. The largest absolute Gasteiger partial charge is 0.491 e. The molecule has 0 aliphatic heterocycles. The lowest BCUT2D eigenvalue weighted by molar-refractivity contribution is 0.201. The van der Waals surface area contributed by atoms with Gasteiger partial charge in [-0.05, 0) is 181 Å². The maximum atomic E-state index is 9.55. The quantitative estimate of drug-likeness (QED) is 0.134. The molecule has 0 amide bonds. The van der Waals surface area contributed by atoms with Crippen molar-refractivity contribution in [2.24, 2.45) is 0 Å². The fourth-order valence-electron chi connectivity index (χ4n) is 11.5. The maximum Gasteiger partial charge on any atom is 0.120 e. The van der Waals surface area contributed by atoms with Gasteiger partial charge in [-0.2, -0.15) is 0 Å². The van der Waals surface area contributed by atoms with E-state index < -0.39 is 5.41 Å². The molecule has 4 heteroatoms. The van der Waals surface area contributed by atoms with E-state index in [0.29, 0.717) is 0 Å². The molecule has 0 unspecified atom stereocenters. The van der Waals surface area contributed by atoms with Crippen LogP contribution in [0.15, 0.2) is 218 Å². The van der Waals surface area contributed by atoms with Crippen molar-refractivity contribution in [2.75, 3.05) is 26.4 Å². The maximum absolute atomic E-state index is 9.55. The number of rotatable bonds is 10. The van der Waals surface area contributed by atoms with E-state index in [9.17, 15) is 10.2 Å². The number of aliphatic hydroxyl groups is 2. The van der Waals surface area contributed by atoms with Crippen molar-refractivity contribution in [1.29, 1.82) is 0 Å². The van der Waals surface area contributed by atoms with Crippen LogP contribution in [0, 0.1) is 0 Å². The summed E-state index contributed by atoms with van der Waals surface area (Å²) in [5.41, 5.74) is 11.1. The highest BCUT2D eigenvalue weighted by molar-refractivity contribution is 6.15. The Morgan fingerprint density at radius 2 is 0.696 bits per heavy atom. The van der Waals surface area contributed by atoms with Gasteiger partial charge in [-0.1, -0.05) is 158 Å². The summed E-state index contributed by atoms with van der Waals surface area (Å²) in [6, 6.07) is 80.3. The summed E-state index contributed by atoms with van der Waals surface area (Å²) in [6.45, 7) is 0.381. The Balaban J connectivity index is 1.13. The Bertz CT molecular complexity index is 3760. The van der Waals surface area contributed by atoms with Crippen molar-refractivity contribution in [3.8, 4) is 44.9 Å². The first kappa shape index (κ1) is 41.0. The molecule has 13 rings (SSSR count). The summed E-state index contributed by atoms with van der Waals surface area (Å²) in [5, 5.41) is 33.2. The van der Waals surface area contributed by atoms with Crippen LogP contribution in [-0.2, 0) is 5.41 Å². The fourth-order valence-corrected chi connectivity index (χ4v) is 11.5. The zero-order chi connectivity index (χ0) is 46.1. The summed E-state index contributed by atoms with van der Waals surface area (Å²) in [5.74, 6) is 1.46. The number of benzene rings is 12. The molecule has 0 fully saturated rings. The van der Waals surface area contributed by atoms with Crippen LogP contribution in [0.2, 0.25) is 0 Å². The Morgan fingerprint density at radius 3 is 1.14 bits per heavy atom. The minimum Gasteiger partial charge on any atom is -0.491 e. The summed E-state index contributed by atoms with van der Waals surface area (Å²) in [4.78, 5) is 0. The van der Waals surface area contributed by atoms with Gasteiger partial charge in [-0.15, -0.1) is 0 Å². The second-order valence-corrected chi connectivity index (χ2v) is 18.2. The van der Waals surface area contributed by atoms with E-state index >= 15 is 0 Å². The monoisotopic (exact) mass is 890 g/mol. The van der Waals surface area contributed by atoms with E-state index in [-0.39, 0.29) is 26.4 Å². The lowest BCUT2D eigenvalue weighted by Gasteiger charge is -2.35. The predicted molar refractivity (Wildman–Crippen MR) is 285 cm³/mol. The SMILES string of the molecule is OCCOc1ccc2cc(C3(c4ccc5cc(OCCO)ccc5c4)c4cc(-c5cc6ccccc6c6ccccc56)ccc4-c4ccc(-c5cc6ccccc6c6ccccc56)cc43)ccc2c1. The Hall–Kier alpha value is -8.28. The molecule has 1 aliphatic rings. The highest BCUT2D eigenvalue weighted by atomic mass is 16.5. The molecular formula is C65H46O4. The van der Waals surface area contributed by atoms with Crippen LogP contribution in [0.1, 0.15) is 22.3 Å². The van der Waals surface area contributed by atoms with E-state index in [1.165, 1.54) is 76.5 Å². The van der Waals surface area contributed by atoms with Crippen LogP contribution in [0.4, 0.5) is 0 Å². The van der Waals surface area contributed by atoms with Gasteiger partial charge in [0.25, 0.3) is 0 Å². The minimum atomic E-state index is -0.781. The molecule has 0 heterocycles. The third-order valence-electron chi connectivity index (χ3n) is 14.5. The molecule has 2 N–H and O–H groups in total. The minimum absolute atomic E-state index is 0.0466. The molecule has 0 bridgehead atoms. The molecule has 12 aromatic carbocycles. The van der Waals surface area contributed by atoms with E-state index in [1.807, 2.05) is 12.1 Å². The summed E-state index contributed by atoms with van der Waals surface area (Å²) >= 11 is 0. The molecule has 69 heavy (non-hydrogen) atoms. The molecule has 1 aliphatic carbocycles. The van der Waals surface area contributed by atoms with Gasteiger partial charge >= 0.3 is 0 Å². The smallest absolute Gasteiger partial charge is 0.120 e. The second-order valence-electron chi connectivity index (χ2n) is 18.2. The van der Waals surface area contributed by atoms with Gasteiger partial charge in [-0.25, -0.2) is 0 Å². The third-order valence-corrected chi connectivity index (χ3v) is 14.5. The number of aliphatic hydroxyl groups excluding tert-OH is 2. The average molecular weight is 891 g/mol. The second kappa shape index (κ2) is 16.5. The van der Waals surface area contributed by atoms with Crippen LogP contribution in [-0.4, -0.2) is 36.6 Å². The van der Waals surface area contributed by atoms with E-state index in [2.05, 4.69) is 206 Å². The number of hydrogen-bond acceptors (Lipinski definition) is 4. The molecule has 0 atom stereocenters. The average Bonchev–Trinajstić information content (AvgIpc) is 3.70. The molecule has 4 nitrogen and oxygen atoms in total. The normalized spacial score (nSPS) is 12.8. The Labute approximate surface area is 399 Å². The molecule has 0 spiro atoms.